The Hall–Kier alpha value is -2.57. The van der Waals surface area contributed by atoms with E-state index in [0.29, 0.717) is 28.2 Å². The molecule has 7 heteroatoms. The number of methoxy groups -OCH3 is 2. The fourth-order valence-corrected chi connectivity index (χ4v) is 2.56. The summed E-state index contributed by atoms with van der Waals surface area (Å²) in [6.07, 6.45) is 0. The molecule has 0 aliphatic rings. The molecule has 124 valence electrons. The summed E-state index contributed by atoms with van der Waals surface area (Å²) in [6, 6.07) is 12.4. The number of benzene rings is 2. The van der Waals surface area contributed by atoms with Crippen molar-refractivity contribution in [1.82, 2.24) is 15.2 Å². The molecule has 0 unspecified atom stereocenters. The van der Waals surface area contributed by atoms with E-state index >= 15 is 0 Å². The Morgan fingerprint density at radius 3 is 2.58 bits per heavy atom. The summed E-state index contributed by atoms with van der Waals surface area (Å²) < 4.78 is 10.5. The van der Waals surface area contributed by atoms with Crippen molar-refractivity contribution < 1.29 is 9.47 Å². The molecule has 24 heavy (non-hydrogen) atoms. The Morgan fingerprint density at radius 2 is 1.88 bits per heavy atom. The van der Waals surface area contributed by atoms with Gasteiger partial charge in [0.05, 0.1) is 20.3 Å². The topological polar surface area (TPSA) is 86.0 Å². The molecule has 0 amide bonds. The van der Waals surface area contributed by atoms with Gasteiger partial charge < -0.3 is 15.2 Å². The summed E-state index contributed by atoms with van der Waals surface area (Å²) in [5.41, 5.74) is 7.95. The summed E-state index contributed by atoms with van der Waals surface area (Å²) in [4.78, 5) is 4.47. The normalized spacial score (nSPS) is 12.0. The molecule has 0 bridgehead atoms. The van der Waals surface area contributed by atoms with Gasteiger partial charge in [-0.05, 0) is 29.8 Å². The van der Waals surface area contributed by atoms with Crippen LogP contribution < -0.4 is 15.2 Å². The fraction of sp³-hybridized carbons (Fsp3) is 0.176. The van der Waals surface area contributed by atoms with Gasteiger partial charge in [0.25, 0.3) is 0 Å². The average molecular weight is 345 g/mol. The van der Waals surface area contributed by atoms with Crippen LogP contribution >= 0.6 is 11.6 Å². The van der Waals surface area contributed by atoms with Crippen LogP contribution in [0, 0.1) is 0 Å². The highest BCUT2D eigenvalue weighted by molar-refractivity contribution is 6.30. The van der Waals surface area contributed by atoms with Crippen LogP contribution in [0.5, 0.6) is 11.5 Å². The van der Waals surface area contributed by atoms with E-state index in [1.807, 2.05) is 30.3 Å². The van der Waals surface area contributed by atoms with Crippen molar-refractivity contribution in [2.24, 2.45) is 5.73 Å². The number of nitrogens with two attached hydrogens (primary N) is 1. The SMILES string of the molecule is COc1ccc([C@@H](N)c2nc(-c3cccc(Cl)c3)n[nH]2)cc1OC. The lowest BCUT2D eigenvalue weighted by Crippen LogP contribution is -2.14. The van der Waals surface area contributed by atoms with Gasteiger partial charge in [-0.2, -0.15) is 5.10 Å². The predicted molar refractivity (Wildman–Crippen MR) is 92.4 cm³/mol. The summed E-state index contributed by atoms with van der Waals surface area (Å²) in [7, 11) is 3.17. The first-order valence-electron chi connectivity index (χ1n) is 7.28. The van der Waals surface area contributed by atoms with Gasteiger partial charge >= 0.3 is 0 Å². The van der Waals surface area contributed by atoms with Crippen molar-refractivity contribution in [2.45, 2.75) is 6.04 Å². The molecular formula is C17H17ClN4O2. The third-order valence-electron chi connectivity index (χ3n) is 3.65. The van der Waals surface area contributed by atoms with Crippen molar-refractivity contribution in [3.8, 4) is 22.9 Å². The van der Waals surface area contributed by atoms with Crippen LogP contribution in [0.1, 0.15) is 17.4 Å². The van der Waals surface area contributed by atoms with E-state index in [9.17, 15) is 0 Å². The second-order valence-corrected chi connectivity index (χ2v) is 5.58. The Bertz CT molecular complexity index is 850. The van der Waals surface area contributed by atoms with Gasteiger partial charge in [0.1, 0.15) is 5.82 Å². The quantitative estimate of drug-likeness (QED) is 0.742. The van der Waals surface area contributed by atoms with E-state index < -0.39 is 6.04 Å². The van der Waals surface area contributed by atoms with E-state index in [1.54, 1.807) is 26.4 Å². The molecule has 1 atom stereocenters. The molecule has 3 aromatic rings. The first kappa shape index (κ1) is 16.3. The zero-order valence-corrected chi connectivity index (χ0v) is 14.0. The van der Waals surface area contributed by atoms with Crippen LogP contribution in [-0.2, 0) is 0 Å². The number of aromatic nitrogens is 3. The summed E-state index contributed by atoms with van der Waals surface area (Å²) >= 11 is 6.01. The molecular weight excluding hydrogens is 328 g/mol. The summed E-state index contributed by atoms with van der Waals surface area (Å²) in [5.74, 6) is 2.35. The second kappa shape index (κ2) is 6.90. The zero-order chi connectivity index (χ0) is 17.1. The molecule has 1 heterocycles. The van der Waals surface area contributed by atoms with Crippen LogP contribution in [0.4, 0.5) is 0 Å². The molecule has 3 N–H and O–H groups in total. The lowest BCUT2D eigenvalue weighted by Gasteiger charge is -2.13. The second-order valence-electron chi connectivity index (χ2n) is 5.15. The number of aromatic amines is 1. The number of halogens is 1. The van der Waals surface area contributed by atoms with Crippen molar-refractivity contribution in [3.05, 3.63) is 58.9 Å². The Balaban J connectivity index is 1.90. The van der Waals surface area contributed by atoms with Crippen LogP contribution in [-0.4, -0.2) is 29.4 Å². The maximum Gasteiger partial charge on any atom is 0.181 e. The maximum absolute atomic E-state index is 6.30. The smallest absolute Gasteiger partial charge is 0.181 e. The van der Waals surface area contributed by atoms with Crippen LogP contribution in [0.3, 0.4) is 0 Å². The van der Waals surface area contributed by atoms with E-state index in [1.165, 1.54) is 0 Å². The minimum absolute atomic E-state index is 0.467. The number of nitrogens with zero attached hydrogens (tertiary/aromatic N) is 2. The summed E-state index contributed by atoms with van der Waals surface area (Å²) in [5, 5.41) is 7.73. The zero-order valence-electron chi connectivity index (χ0n) is 13.3. The number of hydrogen-bond donors (Lipinski definition) is 2. The van der Waals surface area contributed by atoms with E-state index in [2.05, 4.69) is 15.2 Å². The largest absolute Gasteiger partial charge is 0.493 e. The van der Waals surface area contributed by atoms with Gasteiger partial charge in [-0.25, -0.2) is 4.98 Å². The van der Waals surface area contributed by atoms with Crippen molar-refractivity contribution in [2.75, 3.05) is 14.2 Å². The third kappa shape index (κ3) is 3.20. The molecule has 0 saturated carbocycles. The molecule has 1 aromatic heterocycles. The lowest BCUT2D eigenvalue weighted by atomic mass is 10.1. The Kier molecular flexibility index (Phi) is 4.69. The van der Waals surface area contributed by atoms with Crippen molar-refractivity contribution >= 4 is 11.6 Å². The maximum atomic E-state index is 6.30. The van der Waals surface area contributed by atoms with Crippen LogP contribution in [0.2, 0.25) is 5.02 Å². The number of ether oxygens (including phenoxy) is 2. The lowest BCUT2D eigenvalue weighted by molar-refractivity contribution is 0.354. The van der Waals surface area contributed by atoms with Gasteiger partial charge in [-0.15, -0.1) is 0 Å². The molecule has 0 saturated heterocycles. The van der Waals surface area contributed by atoms with E-state index in [-0.39, 0.29) is 0 Å². The van der Waals surface area contributed by atoms with Gasteiger partial charge in [0.2, 0.25) is 0 Å². The molecule has 2 aromatic carbocycles. The molecule has 0 spiro atoms. The first-order valence-corrected chi connectivity index (χ1v) is 7.66. The van der Waals surface area contributed by atoms with Gasteiger partial charge in [0.15, 0.2) is 17.3 Å². The van der Waals surface area contributed by atoms with Gasteiger partial charge in [-0.3, -0.25) is 5.10 Å². The standard InChI is InChI=1S/C17H17ClN4O2/c1-23-13-7-6-10(9-14(13)24-2)15(19)17-20-16(21-22-17)11-4-3-5-12(18)8-11/h3-9,15H,19H2,1-2H3,(H,20,21,22)/t15-/m1/s1. The van der Waals surface area contributed by atoms with Crippen molar-refractivity contribution in [3.63, 3.8) is 0 Å². The molecule has 0 aliphatic carbocycles. The highest BCUT2D eigenvalue weighted by atomic mass is 35.5. The summed E-state index contributed by atoms with van der Waals surface area (Å²) in [6.45, 7) is 0. The highest BCUT2D eigenvalue weighted by Gasteiger charge is 2.17. The Morgan fingerprint density at radius 1 is 1.08 bits per heavy atom. The predicted octanol–water partition coefficient (Wildman–Crippen LogP) is 3.19. The van der Waals surface area contributed by atoms with Crippen LogP contribution in [0.15, 0.2) is 42.5 Å². The van der Waals surface area contributed by atoms with E-state index in [0.717, 1.165) is 11.1 Å². The highest BCUT2D eigenvalue weighted by Crippen LogP contribution is 2.31. The third-order valence-corrected chi connectivity index (χ3v) is 3.88. The number of H-pyrrole nitrogens is 1. The molecule has 0 radical (unpaired) electrons. The van der Waals surface area contributed by atoms with Crippen molar-refractivity contribution in [1.29, 1.82) is 0 Å². The van der Waals surface area contributed by atoms with E-state index in [4.69, 9.17) is 26.8 Å². The first-order chi connectivity index (χ1) is 11.6. The van der Waals surface area contributed by atoms with Gasteiger partial charge in [0, 0.05) is 10.6 Å². The molecule has 0 fully saturated rings. The monoisotopic (exact) mass is 344 g/mol. The minimum Gasteiger partial charge on any atom is -0.493 e. The number of nitrogens with one attached hydrogen (secondary N) is 1. The molecule has 0 aliphatic heterocycles. The minimum atomic E-state index is -0.467. The fourth-order valence-electron chi connectivity index (χ4n) is 2.37. The molecule has 6 nitrogen and oxygen atoms in total. The van der Waals surface area contributed by atoms with Crippen LogP contribution in [0.25, 0.3) is 11.4 Å². The van der Waals surface area contributed by atoms with Gasteiger partial charge in [-0.1, -0.05) is 29.8 Å². The number of hydrogen-bond acceptors (Lipinski definition) is 5. The average Bonchev–Trinajstić information content (AvgIpc) is 3.10. The molecule has 3 rings (SSSR count). The number of rotatable bonds is 5. The Labute approximate surface area is 144 Å².